The number of amides is 1. The van der Waals surface area contributed by atoms with Gasteiger partial charge in [-0.1, -0.05) is 0 Å². The van der Waals surface area contributed by atoms with E-state index < -0.39 is 0 Å². The number of rotatable bonds is 5. The molecule has 1 saturated heterocycles. The maximum Gasteiger partial charge on any atom is 0.226 e. The van der Waals surface area contributed by atoms with Gasteiger partial charge < -0.3 is 16.0 Å². The monoisotopic (exact) mass is 315 g/mol. The highest BCUT2D eigenvalue weighted by Gasteiger charge is 2.49. The molecular formula is C17H25N5O. The molecule has 3 fully saturated rings. The summed E-state index contributed by atoms with van der Waals surface area (Å²) in [4.78, 5) is 23.9. The molecule has 2 unspecified atom stereocenters. The van der Waals surface area contributed by atoms with Crippen molar-refractivity contribution in [2.45, 2.75) is 43.7 Å². The zero-order valence-electron chi connectivity index (χ0n) is 13.4. The third-order valence-corrected chi connectivity index (χ3v) is 5.41. The van der Waals surface area contributed by atoms with Crippen LogP contribution in [0.15, 0.2) is 18.5 Å². The van der Waals surface area contributed by atoms with Crippen molar-refractivity contribution in [2.24, 2.45) is 17.6 Å². The van der Waals surface area contributed by atoms with Gasteiger partial charge >= 0.3 is 0 Å². The summed E-state index contributed by atoms with van der Waals surface area (Å²) in [5.41, 5.74) is 5.90. The molecule has 6 heteroatoms. The van der Waals surface area contributed by atoms with E-state index in [1.165, 1.54) is 12.8 Å². The van der Waals surface area contributed by atoms with Crippen LogP contribution in [0.25, 0.3) is 0 Å². The van der Waals surface area contributed by atoms with Crippen molar-refractivity contribution in [1.29, 1.82) is 0 Å². The largest absolute Gasteiger partial charge is 0.343 e. The number of piperidine rings is 1. The lowest BCUT2D eigenvalue weighted by Crippen LogP contribution is -2.55. The molecule has 0 radical (unpaired) electrons. The molecule has 2 atom stereocenters. The minimum absolute atomic E-state index is 0.0436. The van der Waals surface area contributed by atoms with E-state index in [1.807, 2.05) is 0 Å². The van der Waals surface area contributed by atoms with E-state index in [0.29, 0.717) is 0 Å². The Morgan fingerprint density at radius 2 is 2.04 bits per heavy atom. The van der Waals surface area contributed by atoms with Gasteiger partial charge in [0, 0.05) is 31.5 Å². The average molecular weight is 315 g/mol. The molecule has 23 heavy (non-hydrogen) atoms. The van der Waals surface area contributed by atoms with Crippen molar-refractivity contribution in [1.82, 2.24) is 20.2 Å². The quantitative estimate of drug-likeness (QED) is 0.833. The first-order valence-electron chi connectivity index (χ1n) is 8.74. The molecular weight excluding hydrogens is 290 g/mol. The second-order valence-corrected chi connectivity index (χ2v) is 7.41. The van der Waals surface area contributed by atoms with E-state index in [1.54, 1.807) is 18.5 Å². The van der Waals surface area contributed by atoms with Gasteiger partial charge in [0.1, 0.15) is 0 Å². The summed E-state index contributed by atoms with van der Waals surface area (Å²) in [7, 11) is 0. The predicted octanol–water partition coefficient (Wildman–Crippen LogP) is 0.641. The Bertz CT molecular complexity index is 570. The van der Waals surface area contributed by atoms with Crippen LogP contribution in [0, 0.1) is 11.8 Å². The Labute approximate surface area is 136 Å². The van der Waals surface area contributed by atoms with Crippen LogP contribution in [0.5, 0.6) is 0 Å². The van der Waals surface area contributed by atoms with E-state index in [2.05, 4.69) is 20.2 Å². The van der Waals surface area contributed by atoms with Gasteiger partial charge in [-0.05, 0) is 50.6 Å². The van der Waals surface area contributed by atoms with Gasteiger partial charge in [-0.3, -0.25) is 4.79 Å². The van der Waals surface area contributed by atoms with Crippen molar-refractivity contribution < 1.29 is 4.79 Å². The summed E-state index contributed by atoms with van der Waals surface area (Å²) in [5, 5.41) is 3.20. The van der Waals surface area contributed by atoms with Crippen LogP contribution < -0.4 is 11.1 Å². The third-order valence-electron chi connectivity index (χ3n) is 5.41. The molecule has 1 amide bonds. The second kappa shape index (κ2) is 5.83. The average Bonchev–Trinajstić information content (AvgIpc) is 3.47. The number of hydrogen-bond donors (Lipinski definition) is 2. The Morgan fingerprint density at radius 3 is 2.70 bits per heavy atom. The summed E-state index contributed by atoms with van der Waals surface area (Å²) >= 11 is 0. The molecule has 124 valence electrons. The van der Waals surface area contributed by atoms with Crippen LogP contribution in [-0.2, 0) is 10.3 Å². The topological polar surface area (TPSA) is 84.1 Å². The molecule has 1 aromatic heterocycles. The van der Waals surface area contributed by atoms with Gasteiger partial charge in [-0.25, -0.2) is 9.97 Å². The molecule has 0 bridgehead atoms. The first-order chi connectivity index (χ1) is 11.2. The fraction of sp³-hybridized carbons (Fsp3) is 0.706. The molecule has 6 nitrogen and oxygen atoms in total. The Hall–Kier alpha value is -1.53. The number of nitrogens with two attached hydrogens (primary N) is 1. The number of nitrogens with one attached hydrogen (secondary N) is 1. The van der Waals surface area contributed by atoms with E-state index in [9.17, 15) is 4.79 Å². The zero-order valence-corrected chi connectivity index (χ0v) is 13.4. The van der Waals surface area contributed by atoms with Gasteiger partial charge in [0.15, 0.2) is 5.82 Å². The summed E-state index contributed by atoms with van der Waals surface area (Å²) in [6.07, 6.45) is 8.88. The van der Waals surface area contributed by atoms with Gasteiger partial charge in [0.25, 0.3) is 0 Å². The standard InChI is InChI=1S/C17H25N5O/c18-14-4-9-22(10-12-2-3-12)11-13(14)15(23)21-17(5-6-17)16-19-7-1-8-20-16/h1,7-8,12-14H,2-6,9-11,18H2,(H,21,23). The van der Waals surface area contributed by atoms with Crippen LogP contribution in [0.3, 0.4) is 0 Å². The van der Waals surface area contributed by atoms with Crippen LogP contribution in [0.1, 0.15) is 37.9 Å². The number of hydrogen-bond acceptors (Lipinski definition) is 5. The summed E-state index contributed by atoms with van der Waals surface area (Å²) in [5.74, 6) is 1.53. The zero-order chi connectivity index (χ0) is 15.9. The lowest BCUT2D eigenvalue weighted by atomic mass is 9.91. The molecule has 2 aliphatic carbocycles. The SMILES string of the molecule is NC1CCN(CC2CC2)CC1C(=O)NC1(c2ncccn2)CC1. The van der Waals surface area contributed by atoms with E-state index in [-0.39, 0.29) is 23.4 Å². The van der Waals surface area contributed by atoms with Crippen LogP contribution >= 0.6 is 0 Å². The van der Waals surface area contributed by atoms with E-state index in [0.717, 1.165) is 50.6 Å². The summed E-state index contributed by atoms with van der Waals surface area (Å²) in [6, 6.07) is 1.76. The van der Waals surface area contributed by atoms with Gasteiger partial charge in [-0.15, -0.1) is 0 Å². The van der Waals surface area contributed by atoms with Crippen LogP contribution in [-0.4, -0.2) is 46.5 Å². The highest BCUT2D eigenvalue weighted by atomic mass is 16.2. The minimum Gasteiger partial charge on any atom is -0.343 e. The third kappa shape index (κ3) is 3.23. The van der Waals surface area contributed by atoms with Gasteiger partial charge in [0.05, 0.1) is 11.5 Å². The molecule has 0 spiro atoms. The molecule has 4 rings (SSSR count). The molecule has 3 N–H and O–H groups in total. The lowest BCUT2D eigenvalue weighted by Gasteiger charge is -2.36. The fourth-order valence-electron chi connectivity index (χ4n) is 3.55. The highest BCUT2D eigenvalue weighted by molar-refractivity contribution is 5.81. The van der Waals surface area contributed by atoms with E-state index in [4.69, 9.17) is 5.73 Å². The fourth-order valence-corrected chi connectivity index (χ4v) is 3.55. The van der Waals surface area contributed by atoms with Crippen molar-refractivity contribution in [3.63, 3.8) is 0 Å². The number of carbonyl (C=O) groups excluding carboxylic acids is 1. The normalized spacial score (nSPS) is 30.0. The lowest BCUT2D eigenvalue weighted by molar-refractivity contribution is -0.128. The number of likely N-dealkylation sites (tertiary alicyclic amines) is 1. The van der Waals surface area contributed by atoms with Crippen molar-refractivity contribution in [3.05, 3.63) is 24.3 Å². The highest BCUT2D eigenvalue weighted by Crippen LogP contribution is 2.44. The molecule has 3 aliphatic rings. The molecule has 1 aromatic rings. The van der Waals surface area contributed by atoms with Crippen molar-refractivity contribution in [2.75, 3.05) is 19.6 Å². The Balaban J connectivity index is 1.41. The minimum atomic E-state index is -0.350. The summed E-state index contributed by atoms with van der Waals surface area (Å²) in [6.45, 7) is 2.94. The first kappa shape index (κ1) is 15.0. The van der Waals surface area contributed by atoms with Crippen molar-refractivity contribution in [3.8, 4) is 0 Å². The smallest absolute Gasteiger partial charge is 0.226 e. The predicted molar refractivity (Wildman–Crippen MR) is 86.3 cm³/mol. The molecule has 1 aliphatic heterocycles. The Morgan fingerprint density at radius 1 is 1.30 bits per heavy atom. The van der Waals surface area contributed by atoms with Crippen molar-refractivity contribution >= 4 is 5.91 Å². The molecule has 2 heterocycles. The first-order valence-corrected chi connectivity index (χ1v) is 8.74. The van der Waals surface area contributed by atoms with Gasteiger partial charge in [-0.2, -0.15) is 0 Å². The number of nitrogens with zero attached hydrogens (tertiary/aromatic N) is 3. The van der Waals surface area contributed by atoms with Gasteiger partial charge in [0.2, 0.25) is 5.91 Å². The molecule has 2 saturated carbocycles. The van der Waals surface area contributed by atoms with Crippen LogP contribution in [0.4, 0.5) is 0 Å². The van der Waals surface area contributed by atoms with E-state index >= 15 is 0 Å². The molecule has 0 aromatic carbocycles. The number of carbonyl (C=O) groups is 1. The second-order valence-electron chi connectivity index (χ2n) is 7.41. The summed E-state index contributed by atoms with van der Waals surface area (Å²) < 4.78 is 0. The number of aromatic nitrogens is 2. The maximum absolute atomic E-state index is 12.8. The maximum atomic E-state index is 12.8. The Kier molecular flexibility index (Phi) is 3.81. The van der Waals surface area contributed by atoms with Crippen LogP contribution in [0.2, 0.25) is 0 Å².